The highest BCUT2D eigenvalue weighted by molar-refractivity contribution is 9.10. The molecule has 0 spiro atoms. The number of nitrogens with two attached hydrogens (primary N) is 1. The molecule has 1 aliphatic carbocycles. The zero-order valence-electron chi connectivity index (χ0n) is 8.53. The summed E-state index contributed by atoms with van der Waals surface area (Å²) in [4.78, 5) is 0. The monoisotopic (exact) mass is 291 g/mol. The molecule has 0 aromatic heterocycles. The van der Waals surface area contributed by atoms with Crippen LogP contribution < -0.4 is 5.73 Å². The Kier molecular flexibility index (Phi) is 4.04. The first kappa shape index (κ1) is 12.8. The van der Waals surface area contributed by atoms with Gasteiger partial charge in [0.25, 0.3) is 0 Å². The average Bonchev–Trinajstić information content (AvgIpc) is 2.95. The Morgan fingerprint density at radius 2 is 2.07 bits per heavy atom. The Morgan fingerprint density at radius 1 is 1.47 bits per heavy atom. The van der Waals surface area contributed by atoms with E-state index in [9.17, 15) is 5.11 Å². The molecule has 0 heterocycles. The van der Waals surface area contributed by atoms with Gasteiger partial charge in [0.05, 0.1) is 0 Å². The summed E-state index contributed by atoms with van der Waals surface area (Å²) >= 11 is 3.44. The van der Waals surface area contributed by atoms with E-state index < -0.39 is 0 Å². The largest absolute Gasteiger partial charge is 0.507 e. The van der Waals surface area contributed by atoms with E-state index in [1.165, 1.54) is 12.8 Å². The molecule has 2 nitrogen and oxygen atoms in total. The minimum Gasteiger partial charge on any atom is -0.507 e. The third-order valence-corrected chi connectivity index (χ3v) is 3.52. The minimum atomic E-state index is -0.0238. The minimum absolute atomic E-state index is 0. The molecule has 15 heavy (non-hydrogen) atoms. The Hall–Kier alpha value is -0.250. The van der Waals surface area contributed by atoms with E-state index in [2.05, 4.69) is 15.9 Å². The third kappa shape index (κ3) is 2.47. The molecule has 1 saturated carbocycles. The maximum absolute atomic E-state index is 9.92. The van der Waals surface area contributed by atoms with Crippen LogP contribution in [0.1, 0.15) is 30.0 Å². The first-order valence-electron chi connectivity index (χ1n) is 4.85. The fourth-order valence-corrected chi connectivity index (χ4v) is 2.28. The van der Waals surface area contributed by atoms with Crippen molar-refractivity contribution in [2.75, 3.05) is 0 Å². The summed E-state index contributed by atoms with van der Waals surface area (Å²) in [5, 5.41) is 9.92. The fraction of sp³-hybridized carbons (Fsp3) is 0.455. The van der Waals surface area contributed by atoms with Crippen LogP contribution in [-0.2, 0) is 0 Å². The lowest BCUT2D eigenvalue weighted by atomic mass is 10.00. The van der Waals surface area contributed by atoms with Gasteiger partial charge in [-0.05, 0) is 37.3 Å². The predicted octanol–water partition coefficient (Wildman–Crippen LogP) is 3.29. The van der Waals surface area contributed by atoms with Gasteiger partial charge in [0.2, 0.25) is 0 Å². The highest BCUT2D eigenvalue weighted by Gasteiger charge is 2.32. The van der Waals surface area contributed by atoms with Crippen LogP contribution in [0.2, 0.25) is 0 Å². The van der Waals surface area contributed by atoms with Gasteiger partial charge in [0.1, 0.15) is 5.75 Å². The van der Waals surface area contributed by atoms with Crippen LogP contribution in [0.15, 0.2) is 16.6 Å². The molecule has 84 valence electrons. The molecule has 0 unspecified atom stereocenters. The zero-order valence-corrected chi connectivity index (χ0v) is 10.9. The zero-order chi connectivity index (χ0) is 10.3. The summed E-state index contributed by atoms with van der Waals surface area (Å²) in [6.07, 6.45) is 2.36. The average molecular weight is 293 g/mol. The summed E-state index contributed by atoms with van der Waals surface area (Å²) < 4.78 is 0.917. The maximum Gasteiger partial charge on any atom is 0.124 e. The molecule has 1 aliphatic rings. The number of benzene rings is 1. The quantitative estimate of drug-likeness (QED) is 0.878. The van der Waals surface area contributed by atoms with Crippen molar-refractivity contribution in [1.29, 1.82) is 0 Å². The number of halogens is 2. The maximum atomic E-state index is 9.92. The van der Waals surface area contributed by atoms with Crippen molar-refractivity contribution < 1.29 is 5.11 Å². The lowest BCUT2D eigenvalue weighted by Gasteiger charge is -2.16. The molecule has 1 aromatic carbocycles. The Labute approximate surface area is 104 Å². The van der Waals surface area contributed by atoms with Crippen molar-refractivity contribution in [2.45, 2.75) is 25.8 Å². The van der Waals surface area contributed by atoms with Crippen molar-refractivity contribution in [3.63, 3.8) is 0 Å². The Bertz CT molecular complexity index is 366. The van der Waals surface area contributed by atoms with Crippen molar-refractivity contribution in [1.82, 2.24) is 0 Å². The highest BCUT2D eigenvalue weighted by Crippen LogP contribution is 2.45. The van der Waals surface area contributed by atoms with Gasteiger partial charge in [-0.1, -0.05) is 22.0 Å². The molecule has 0 saturated heterocycles. The third-order valence-electron chi connectivity index (χ3n) is 2.83. The molecule has 4 heteroatoms. The number of aromatic hydroxyl groups is 1. The topological polar surface area (TPSA) is 46.2 Å². The van der Waals surface area contributed by atoms with Crippen molar-refractivity contribution in [2.24, 2.45) is 11.7 Å². The van der Waals surface area contributed by atoms with Crippen LogP contribution in [0.5, 0.6) is 5.75 Å². The van der Waals surface area contributed by atoms with Crippen LogP contribution in [0.25, 0.3) is 0 Å². The Morgan fingerprint density at radius 3 is 2.60 bits per heavy atom. The van der Waals surface area contributed by atoms with Gasteiger partial charge < -0.3 is 10.8 Å². The summed E-state index contributed by atoms with van der Waals surface area (Å²) in [6.45, 7) is 1.89. The van der Waals surface area contributed by atoms with Crippen molar-refractivity contribution >= 4 is 28.3 Å². The molecule has 1 atom stereocenters. The molecular weight excluding hydrogens is 277 g/mol. The van der Waals surface area contributed by atoms with Crippen LogP contribution in [-0.4, -0.2) is 5.11 Å². The second-order valence-electron chi connectivity index (χ2n) is 3.99. The molecule has 1 fully saturated rings. The van der Waals surface area contributed by atoms with Gasteiger partial charge in [-0.2, -0.15) is 0 Å². The van der Waals surface area contributed by atoms with Gasteiger partial charge in [0, 0.05) is 16.1 Å². The van der Waals surface area contributed by atoms with Gasteiger partial charge in [-0.15, -0.1) is 12.4 Å². The lowest BCUT2D eigenvalue weighted by Crippen LogP contribution is -2.13. The fourth-order valence-electron chi connectivity index (χ4n) is 1.70. The molecule has 0 bridgehead atoms. The van der Waals surface area contributed by atoms with E-state index in [1.54, 1.807) is 0 Å². The first-order chi connectivity index (χ1) is 6.61. The normalized spacial score (nSPS) is 17.0. The van der Waals surface area contributed by atoms with Gasteiger partial charge in [-0.3, -0.25) is 0 Å². The van der Waals surface area contributed by atoms with E-state index in [0.29, 0.717) is 11.7 Å². The first-order valence-corrected chi connectivity index (χ1v) is 5.64. The van der Waals surface area contributed by atoms with E-state index in [1.807, 2.05) is 19.1 Å². The highest BCUT2D eigenvalue weighted by atomic mass is 79.9. The molecule has 1 aromatic rings. The molecule has 0 aliphatic heterocycles. The number of hydrogen-bond donors (Lipinski definition) is 2. The van der Waals surface area contributed by atoms with E-state index in [0.717, 1.165) is 15.6 Å². The van der Waals surface area contributed by atoms with Gasteiger partial charge in [0.15, 0.2) is 0 Å². The summed E-state index contributed by atoms with van der Waals surface area (Å²) in [5.74, 6) is 0.901. The molecule has 3 N–H and O–H groups in total. The second-order valence-corrected chi connectivity index (χ2v) is 4.84. The van der Waals surface area contributed by atoms with E-state index >= 15 is 0 Å². The Balaban J connectivity index is 0.00000112. The molecule has 0 amide bonds. The smallest absolute Gasteiger partial charge is 0.124 e. The van der Waals surface area contributed by atoms with Crippen LogP contribution >= 0.6 is 28.3 Å². The lowest BCUT2D eigenvalue weighted by molar-refractivity contribution is 0.451. The second kappa shape index (κ2) is 4.73. The number of rotatable bonds is 2. The molecule has 0 radical (unpaired) electrons. The predicted molar refractivity (Wildman–Crippen MR) is 67.4 cm³/mol. The summed E-state index contributed by atoms with van der Waals surface area (Å²) in [6, 6.07) is 3.82. The SMILES string of the molecule is Cc1ccc(Br)c([C@@H](N)C2CC2)c1O.Cl. The molecule has 2 rings (SSSR count). The summed E-state index contributed by atoms with van der Waals surface area (Å²) in [7, 11) is 0. The van der Waals surface area contributed by atoms with E-state index in [-0.39, 0.29) is 18.4 Å². The van der Waals surface area contributed by atoms with Crippen LogP contribution in [0.3, 0.4) is 0 Å². The number of phenolic OH excluding ortho intramolecular Hbond substituents is 1. The van der Waals surface area contributed by atoms with Crippen molar-refractivity contribution in [3.8, 4) is 5.75 Å². The van der Waals surface area contributed by atoms with Crippen LogP contribution in [0.4, 0.5) is 0 Å². The molecular formula is C11H15BrClNO. The van der Waals surface area contributed by atoms with Crippen molar-refractivity contribution in [3.05, 3.63) is 27.7 Å². The number of phenols is 1. The van der Waals surface area contributed by atoms with E-state index in [4.69, 9.17) is 5.73 Å². The number of hydrogen-bond acceptors (Lipinski definition) is 2. The van der Waals surface area contributed by atoms with Gasteiger partial charge >= 0.3 is 0 Å². The van der Waals surface area contributed by atoms with Gasteiger partial charge in [-0.25, -0.2) is 0 Å². The number of aryl methyl sites for hydroxylation is 1. The standard InChI is InChI=1S/C11H14BrNO.ClH/c1-6-2-5-8(12)9(11(6)14)10(13)7-3-4-7;/h2,5,7,10,14H,3-4,13H2,1H3;1H/t10-;/m0./s1. The van der Waals surface area contributed by atoms with Crippen LogP contribution in [0, 0.1) is 12.8 Å². The summed E-state index contributed by atoms with van der Waals surface area (Å²) in [5.41, 5.74) is 7.84.